The van der Waals surface area contributed by atoms with Crippen molar-refractivity contribution in [3.05, 3.63) is 138 Å². The topological polar surface area (TPSA) is 32.7 Å². The molecule has 0 N–H and O–H groups in total. The maximum atomic E-state index is 12.5. The first-order valence-electron chi connectivity index (χ1n) is 14.5. The van der Waals surface area contributed by atoms with Crippen molar-refractivity contribution in [2.24, 2.45) is 16.8 Å². The second-order valence-electron chi connectivity index (χ2n) is 11.6. The molecule has 0 unspecified atom stereocenters. The summed E-state index contributed by atoms with van der Waals surface area (Å²) >= 11 is 0. The maximum Gasteiger partial charge on any atom is 0.134 e. The molecule has 1 aliphatic heterocycles. The number of hydrogen-bond acceptors (Lipinski definition) is 3. The summed E-state index contributed by atoms with van der Waals surface area (Å²) in [5, 5.41) is 0. The largest absolute Gasteiger partial charge is 0.302 e. The van der Waals surface area contributed by atoms with E-state index < -0.39 is 0 Å². The number of rotatable bonds is 9. The number of carbonyl (C=O) groups is 1. The highest BCUT2D eigenvalue weighted by atomic mass is 16.1. The molecular formula is C37H40N2O. The van der Waals surface area contributed by atoms with E-state index in [1.807, 2.05) is 18.2 Å². The van der Waals surface area contributed by atoms with Crippen LogP contribution in [0.25, 0.3) is 0 Å². The van der Waals surface area contributed by atoms with Crippen LogP contribution in [0.5, 0.6) is 0 Å². The van der Waals surface area contributed by atoms with Gasteiger partial charge in [0.1, 0.15) is 5.78 Å². The number of hydrogen-bond donors (Lipinski definition) is 0. The Hall–Kier alpha value is -3.82. The second kappa shape index (κ2) is 12.6. The molecule has 0 aromatic heterocycles. The summed E-state index contributed by atoms with van der Waals surface area (Å²) in [6.07, 6.45) is 1.87. The third-order valence-electron chi connectivity index (χ3n) is 8.79. The molecule has 0 saturated carbocycles. The van der Waals surface area contributed by atoms with Crippen LogP contribution >= 0.6 is 0 Å². The van der Waals surface area contributed by atoms with Crippen LogP contribution in [0.2, 0.25) is 0 Å². The molecule has 0 bridgehead atoms. The normalized spacial score (nSPS) is 20.0. The van der Waals surface area contributed by atoms with Gasteiger partial charge in [0.05, 0.1) is 11.4 Å². The molecule has 3 atom stereocenters. The molecule has 5 rings (SSSR count). The first-order valence-corrected chi connectivity index (χ1v) is 14.5. The van der Waals surface area contributed by atoms with E-state index in [4.69, 9.17) is 4.99 Å². The molecule has 1 aliphatic rings. The van der Waals surface area contributed by atoms with Crippen molar-refractivity contribution >= 4 is 17.2 Å². The van der Waals surface area contributed by atoms with Crippen molar-refractivity contribution in [3.63, 3.8) is 0 Å². The van der Waals surface area contributed by atoms with Gasteiger partial charge >= 0.3 is 0 Å². The first-order chi connectivity index (χ1) is 19.4. The van der Waals surface area contributed by atoms with Crippen molar-refractivity contribution in [1.82, 2.24) is 4.90 Å². The molecule has 3 heteroatoms. The highest BCUT2D eigenvalue weighted by molar-refractivity contribution is 6.13. The van der Waals surface area contributed by atoms with Crippen LogP contribution in [0.4, 0.5) is 5.69 Å². The Morgan fingerprint density at radius 1 is 0.875 bits per heavy atom. The molecule has 3 nitrogen and oxygen atoms in total. The summed E-state index contributed by atoms with van der Waals surface area (Å²) < 4.78 is 0. The molecular weight excluding hydrogens is 488 g/mol. The lowest BCUT2D eigenvalue weighted by molar-refractivity contribution is -0.121. The average Bonchev–Trinajstić information content (AvgIpc) is 2.99. The van der Waals surface area contributed by atoms with Crippen molar-refractivity contribution in [1.29, 1.82) is 0 Å². The van der Waals surface area contributed by atoms with Gasteiger partial charge in [-0.15, -0.1) is 0 Å². The van der Waals surface area contributed by atoms with E-state index in [2.05, 4.69) is 116 Å². The number of piperidine rings is 1. The number of ketones is 1. The van der Waals surface area contributed by atoms with Gasteiger partial charge in [-0.2, -0.15) is 0 Å². The van der Waals surface area contributed by atoms with E-state index in [9.17, 15) is 4.79 Å². The highest BCUT2D eigenvalue weighted by Crippen LogP contribution is 2.40. The van der Waals surface area contributed by atoms with Gasteiger partial charge in [0.25, 0.3) is 0 Å². The zero-order valence-corrected chi connectivity index (χ0v) is 24.0. The SMILES string of the molecule is CC(=O)[C@@H](Cc1ccccc1)CN1CC[C@@](C)(c2cccc(N=C(c3ccccc3)c3ccccc3)c2)[C@@H](C)C1. The fourth-order valence-corrected chi connectivity index (χ4v) is 6.01. The van der Waals surface area contributed by atoms with Gasteiger partial charge in [-0.3, -0.25) is 4.79 Å². The first kappa shape index (κ1) is 27.7. The Morgan fingerprint density at radius 3 is 2.05 bits per heavy atom. The molecule has 40 heavy (non-hydrogen) atoms. The Kier molecular flexibility index (Phi) is 8.72. The predicted molar refractivity (Wildman–Crippen MR) is 167 cm³/mol. The average molecular weight is 529 g/mol. The van der Waals surface area contributed by atoms with Crippen LogP contribution in [-0.4, -0.2) is 36.0 Å². The summed E-state index contributed by atoms with van der Waals surface area (Å²) in [7, 11) is 0. The van der Waals surface area contributed by atoms with Gasteiger partial charge < -0.3 is 4.90 Å². The third kappa shape index (κ3) is 6.48. The van der Waals surface area contributed by atoms with Crippen LogP contribution in [0, 0.1) is 11.8 Å². The number of likely N-dealkylation sites (tertiary alicyclic amines) is 1. The fourth-order valence-electron chi connectivity index (χ4n) is 6.01. The lowest BCUT2D eigenvalue weighted by Gasteiger charge is -2.45. The van der Waals surface area contributed by atoms with Gasteiger partial charge in [0, 0.05) is 30.1 Å². The molecule has 0 radical (unpaired) electrons. The lowest BCUT2D eigenvalue weighted by atomic mass is 9.68. The maximum absolute atomic E-state index is 12.5. The number of aliphatic imine (C=N–C) groups is 1. The Morgan fingerprint density at radius 2 is 1.48 bits per heavy atom. The van der Waals surface area contributed by atoms with Crippen LogP contribution in [-0.2, 0) is 16.6 Å². The quantitative estimate of drug-likeness (QED) is 0.207. The highest BCUT2D eigenvalue weighted by Gasteiger charge is 2.38. The van der Waals surface area contributed by atoms with E-state index in [0.717, 1.165) is 55.0 Å². The van der Waals surface area contributed by atoms with Gasteiger partial charge in [-0.1, -0.05) is 117 Å². The van der Waals surface area contributed by atoms with Crippen molar-refractivity contribution in [2.45, 2.75) is 39.0 Å². The van der Waals surface area contributed by atoms with E-state index in [-0.39, 0.29) is 17.1 Å². The summed E-state index contributed by atoms with van der Waals surface area (Å²) in [6, 6.07) is 40.1. The molecule has 1 saturated heterocycles. The van der Waals surface area contributed by atoms with Crippen LogP contribution in [0.15, 0.2) is 120 Å². The van der Waals surface area contributed by atoms with E-state index in [1.165, 1.54) is 11.1 Å². The van der Waals surface area contributed by atoms with Crippen molar-refractivity contribution < 1.29 is 4.79 Å². The zero-order valence-electron chi connectivity index (χ0n) is 24.0. The monoisotopic (exact) mass is 528 g/mol. The molecule has 4 aromatic rings. The van der Waals surface area contributed by atoms with E-state index in [0.29, 0.717) is 5.92 Å². The smallest absolute Gasteiger partial charge is 0.134 e. The second-order valence-corrected chi connectivity index (χ2v) is 11.6. The van der Waals surface area contributed by atoms with Crippen molar-refractivity contribution in [3.8, 4) is 0 Å². The van der Waals surface area contributed by atoms with Crippen LogP contribution in [0.3, 0.4) is 0 Å². The predicted octanol–water partition coefficient (Wildman–Crippen LogP) is 7.90. The summed E-state index contributed by atoms with van der Waals surface area (Å²) in [4.78, 5) is 20.2. The minimum absolute atomic E-state index is 0.0333. The Labute approximate surface area is 239 Å². The standard InChI is InChI=1S/C37H40N2O/c1-28-26-39(27-33(29(2)40)24-30-14-7-4-8-15-30)23-22-37(28,3)34-20-13-21-35(25-34)38-36(31-16-9-5-10-17-31)32-18-11-6-12-19-32/h4-21,25,28,33H,22-24,26-27H2,1-3H3/t28-,33-,37+/m0/s1. The Balaban J connectivity index is 1.35. The minimum Gasteiger partial charge on any atom is -0.302 e. The van der Waals surface area contributed by atoms with Gasteiger partial charge in [-0.05, 0) is 60.9 Å². The molecule has 1 fully saturated rings. The molecule has 204 valence electrons. The number of benzene rings is 4. The van der Waals surface area contributed by atoms with Gasteiger partial charge in [0.15, 0.2) is 0 Å². The van der Waals surface area contributed by atoms with Gasteiger partial charge in [0.2, 0.25) is 0 Å². The number of nitrogens with zero attached hydrogens (tertiary/aromatic N) is 2. The fraction of sp³-hybridized carbons (Fsp3) is 0.297. The third-order valence-corrected chi connectivity index (χ3v) is 8.79. The molecule has 0 aliphatic carbocycles. The zero-order chi connectivity index (χ0) is 28.0. The molecule has 4 aromatic carbocycles. The van der Waals surface area contributed by atoms with E-state index in [1.54, 1.807) is 6.92 Å². The summed E-state index contributed by atoms with van der Waals surface area (Å²) in [5.41, 5.74) is 6.82. The number of carbonyl (C=O) groups excluding carboxylic acids is 1. The molecule has 0 amide bonds. The summed E-state index contributed by atoms with van der Waals surface area (Å²) in [5.74, 6) is 0.765. The minimum atomic E-state index is 0.0333. The van der Waals surface area contributed by atoms with Gasteiger partial charge in [-0.25, -0.2) is 4.99 Å². The molecule has 1 heterocycles. The van der Waals surface area contributed by atoms with E-state index >= 15 is 0 Å². The van der Waals surface area contributed by atoms with Crippen LogP contribution < -0.4 is 0 Å². The number of Topliss-reactive ketones (excluding diaryl/α,β-unsaturated/α-hetero) is 1. The summed E-state index contributed by atoms with van der Waals surface area (Å²) in [6.45, 7) is 9.32. The lowest BCUT2D eigenvalue weighted by Crippen LogP contribution is -2.49. The van der Waals surface area contributed by atoms with Crippen LogP contribution in [0.1, 0.15) is 49.4 Å². The molecule has 0 spiro atoms. The Bertz CT molecular complexity index is 1390. The van der Waals surface area contributed by atoms with Crippen molar-refractivity contribution in [2.75, 3.05) is 19.6 Å².